The van der Waals surface area contributed by atoms with Crippen LogP contribution in [0.3, 0.4) is 0 Å². The first kappa shape index (κ1) is 17.1. The summed E-state index contributed by atoms with van der Waals surface area (Å²) in [6.07, 6.45) is 4.12. The van der Waals surface area contributed by atoms with Gasteiger partial charge in [-0.05, 0) is 42.5 Å². The van der Waals surface area contributed by atoms with E-state index in [0.717, 1.165) is 38.3 Å². The summed E-state index contributed by atoms with van der Waals surface area (Å²) in [6, 6.07) is 10.4. The van der Waals surface area contributed by atoms with Crippen LogP contribution in [-0.4, -0.2) is 58.3 Å². The third-order valence-electron chi connectivity index (χ3n) is 5.55. The molecule has 1 aromatic carbocycles. The number of hydrogen-bond donors (Lipinski definition) is 0. The van der Waals surface area contributed by atoms with Crippen molar-refractivity contribution in [1.29, 1.82) is 0 Å². The van der Waals surface area contributed by atoms with Crippen molar-refractivity contribution >= 4 is 5.91 Å². The minimum Gasteiger partial charge on any atom is -0.497 e. The summed E-state index contributed by atoms with van der Waals surface area (Å²) in [4.78, 5) is 17.5. The summed E-state index contributed by atoms with van der Waals surface area (Å²) in [6.45, 7) is 3.75. The Labute approximate surface area is 154 Å². The number of aryl methyl sites for hydroxylation is 1. The third kappa shape index (κ3) is 3.46. The molecule has 3 aliphatic heterocycles. The van der Waals surface area contributed by atoms with E-state index in [4.69, 9.17) is 4.74 Å². The quantitative estimate of drug-likeness (QED) is 0.844. The number of rotatable bonds is 4. The van der Waals surface area contributed by atoms with E-state index in [0.29, 0.717) is 11.6 Å². The molecule has 3 aliphatic rings. The minimum absolute atomic E-state index is 0.0756. The lowest BCUT2D eigenvalue weighted by atomic mass is 9.95. The molecule has 0 unspecified atom stereocenters. The lowest BCUT2D eigenvalue weighted by Crippen LogP contribution is -2.47. The number of benzene rings is 1. The lowest BCUT2D eigenvalue weighted by Gasteiger charge is -2.35. The molecule has 138 valence electrons. The topological polar surface area (TPSA) is 50.6 Å². The standard InChI is InChI=1S/C20H26N4O2/c1-22-10-9-19(21-22)20(25)24-13-16-3-6-17(24)14-23(12-16)11-15-4-7-18(26-2)8-5-15/h4-5,7-10,16-17H,3,6,11-14H2,1-2H3/t16-,17+/m0/s1. The Kier molecular flexibility index (Phi) is 4.68. The molecule has 26 heavy (non-hydrogen) atoms. The first-order chi connectivity index (χ1) is 12.6. The predicted octanol–water partition coefficient (Wildman–Crippen LogP) is 2.17. The van der Waals surface area contributed by atoms with Crippen LogP contribution in [-0.2, 0) is 13.6 Å². The van der Waals surface area contributed by atoms with Gasteiger partial charge in [0.15, 0.2) is 0 Å². The highest BCUT2D eigenvalue weighted by molar-refractivity contribution is 5.92. The van der Waals surface area contributed by atoms with Gasteiger partial charge in [-0.1, -0.05) is 12.1 Å². The van der Waals surface area contributed by atoms with Crippen molar-refractivity contribution in [3.8, 4) is 5.75 Å². The van der Waals surface area contributed by atoms with Crippen LogP contribution in [0.5, 0.6) is 5.75 Å². The second-order valence-electron chi connectivity index (χ2n) is 7.47. The maximum atomic E-state index is 12.9. The molecule has 2 aromatic rings. The second kappa shape index (κ2) is 7.11. The molecule has 1 amide bonds. The van der Waals surface area contributed by atoms with E-state index < -0.39 is 0 Å². The number of nitrogens with zero attached hydrogens (tertiary/aromatic N) is 4. The van der Waals surface area contributed by atoms with Crippen LogP contribution in [0.15, 0.2) is 36.5 Å². The Morgan fingerprint density at radius 2 is 1.96 bits per heavy atom. The van der Waals surface area contributed by atoms with Crippen LogP contribution in [0.4, 0.5) is 0 Å². The molecule has 4 heterocycles. The zero-order valence-corrected chi connectivity index (χ0v) is 15.5. The fourth-order valence-electron chi connectivity index (χ4n) is 4.22. The van der Waals surface area contributed by atoms with Gasteiger partial charge in [0.1, 0.15) is 11.4 Å². The van der Waals surface area contributed by atoms with Crippen molar-refractivity contribution in [3.05, 3.63) is 47.8 Å². The number of aromatic nitrogens is 2. The zero-order chi connectivity index (χ0) is 18.1. The summed E-state index contributed by atoms with van der Waals surface area (Å²) >= 11 is 0. The maximum absolute atomic E-state index is 12.9. The lowest BCUT2D eigenvalue weighted by molar-refractivity contribution is 0.0578. The summed E-state index contributed by atoms with van der Waals surface area (Å²) in [7, 11) is 3.54. The van der Waals surface area contributed by atoms with Gasteiger partial charge in [0.05, 0.1) is 7.11 Å². The van der Waals surface area contributed by atoms with Crippen molar-refractivity contribution < 1.29 is 9.53 Å². The number of carbonyl (C=O) groups is 1. The van der Waals surface area contributed by atoms with Gasteiger partial charge in [-0.3, -0.25) is 14.4 Å². The number of amides is 1. The molecule has 0 radical (unpaired) electrons. The van der Waals surface area contributed by atoms with E-state index in [2.05, 4.69) is 27.0 Å². The highest BCUT2D eigenvalue weighted by atomic mass is 16.5. The van der Waals surface area contributed by atoms with Gasteiger partial charge in [0, 0.05) is 45.5 Å². The van der Waals surface area contributed by atoms with Gasteiger partial charge in [0.2, 0.25) is 0 Å². The highest BCUT2D eigenvalue weighted by Crippen LogP contribution is 2.30. The molecule has 1 aromatic heterocycles. The van der Waals surface area contributed by atoms with E-state index in [1.54, 1.807) is 11.8 Å². The average molecular weight is 354 g/mol. The molecule has 6 nitrogen and oxygen atoms in total. The van der Waals surface area contributed by atoms with Crippen LogP contribution < -0.4 is 4.74 Å². The Hall–Kier alpha value is -2.34. The van der Waals surface area contributed by atoms with Crippen LogP contribution in [0.25, 0.3) is 0 Å². The van der Waals surface area contributed by atoms with Crippen molar-refractivity contribution in [3.63, 3.8) is 0 Å². The molecule has 2 bridgehead atoms. The largest absolute Gasteiger partial charge is 0.497 e. The summed E-state index contributed by atoms with van der Waals surface area (Å²) in [5, 5.41) is 4.30. The van der Waals surface area contributed by atoms with E-state index in [1.807, 2.05) is 31.4 Å². The third-order valence-corrected chi connectivity index (χ3v) is 5.55. The second-order valence-corrected chi connectivity index (χ2v) is 7.47. The molecule has 5 rings (SSSR count). The number of piperidine rings is 1. The molecular weight excluding hydrogens is 328 g/mol. The fourth-order valence-corrected chi connectivity index (χ4v) is 4.22. The van der Waals surface area contributed by atoms with Gasteiger partial charge in [-0.15, -0.1) is 0 Å². The van der Waals surface area contributed by atoms with E-state index in [-0.39, 0.29) is 11.9 Å². The van der Waals surface area contributed by atoms with Crippen molar-refractivity contribution in [2.24, 2.45) is 13.0 Å². The Morgan fingerprint density at radius 1 is 1.15 bits per heavy atom. The van der Waals surface area contributed by atoms with E-state index in [1.165, 1.54) is 12.0 Å². The van der Waals surface area contributed by atoms with Gasteiger partial charge in [0.25, 0.3) is 5.91 Å². The SMILES string of the molecule is COc1ccc(CN2C[C@@H]3CC[C@H](C2)N(C(=O)c2ccn(C)n2)C3)cc1. The zero-order valence-electron chi connectivity index (χ0n) is 15.5. The van der Waals surface area contributed by atoms with Gasteiger partial charge >= 0.3 is 0 Å². The monoisotopic (exact) mass is 354 g/mol. The van der Waals surface area contributed by atoms with Crippen molar-refractivity contribution in [1.82, 2.24) is 19.6 Å². The number of ether oxygens (including phenoxy) is 1. The Bertz CT molecular complexity index is 770. The van der Waals surface area contributed by atoms with Gasteiger partial charge in [-0.2, -0.15) is 5.10 Å². The normalized spacial score (nSPS) is 23.1. The maximum Gasteiger partial charge on any atom is 0.274 e. The number of hydrogen-bond acceptors (Lipinski definition) is 4. The minimum atomic E-state index is 0.0756. The number of fused-ring (bicyclic) bond motifs is 4. The van der Waals surface area contributed by atoms with E-state index in [9.17, 15) is 4.79 Å². The average Bonchev–Trinajstić information content (AvgIpc) is 2.90. The first-order valence-electron chi connectivity index (χ1n) is 9.28. The molecule has 3 saturated heterocycles. The number of carbonyl (C=O) groups excluding carboxylic acids is 1. The van der Waals surface area contributed by atoms with E-state index >= 15 is 0 Å². The molecule has 0 spiro atoms. The smallest absolute Gasteiger partial charge is 0.274 e. The Morgan fingerprint density at radius 3 is 2.65 bits per heavy atom. The van der Waals surface area contributed by atoms with Crippen molar-refractivity contribution in [2.75, 3.05) is 26.7 Å². The molecule has 6 heteroatoms. The van der Waals surface area contributed by atoms with Crippen LogP contribution in [0, 0.1) is 5.92 Å². The van der Waals surface area contributed by atoms with Crippen LogP contribution >= 0.6 is 0 Å². The first-order valence-corrected chi connectivity index (χ1v) is 9.28. The van der Waals surface area contributed by atoms with Gasteiger partial charge in [-0.25, -0.2) is 0 Å². The summed E-state index contributed by atoms with van der Waals surface area (Å²) < 4.78 is 6.94. The Balaban J connectivity index is 1.46. The summed E-state index contributed by atoms with van der Waals surface area (Å²) in [5.74, 6) is 1.50. The molecular formula is C20H26N4O2. The fraction of sp³-hybridized carbons (Fsp3) is 0.500. The molecule has 3 fully saturated rings. The molecule has 0 saturated carbocycles. The molecule has 0 aliphatic carbocycles. The van der Waals surface area contributed by atoms with Gasteiger partial charge < -0.3 is 9.64 Å². The predicted molar refractivity (Wildman–Crippen MR) is 99.0 cm³/mol. The molecule has 2 atom stereocenters. The summed E-state index contributed by atoms with van der Waals surface area (Å²) in [5.41, 5.74) is 1.84. The van der Waals surface area contributed by atoms with Crippen LogP contribution in [0.1, 0.15) is 28.9 Å². The molecule has 0 N–H and O–H groups in total. The van der Waals surface area contributed by atoms with Crippen molar-refractivity contribution in [2.45, 2.75) is 25.4 Å². The number of methoxy groups -OCH3 is 1. The van der Waals surface area contributed by atoms with Crippen LogP contribution in [0.2, 0.25) is 0 Å². The highest BCUT2D eigenvalue weighted by Gasteiger charge is 2.37.